The number of para-hydroxylation sites is 1. The molecule has 1 atom stereocenters. The largest absolute Gasteiger partial charge is 0.464 e. The van der Waals surface area contributed by atoms with Crippen LogP contribution in [-0.4, -0.2) is 0 Å². The summed E-state index contributed by atoms with van der Waals surface area (Å²) in [4.78, 5) is 0. The molecule has 0 aromatic heterocycles. The number of halogens is 1. The van der Waals surface area contributed by atoms with E-state index in [1.807, 2.05) is 103 Å². The highest BCUT2D eigenvalue weighted by molar-refractivity contribution is 7.88. The van der Waals surface area contributed by atoms with Crippen molar-refractivity contribution in [3.8, 4) is 5.75 Å². The zero-order valence-electron chi connectivity index (χ0n) is 17.6. The summed E-state index contributed by atoms with van der Waals surface area (Å²) in [6.07, 6.45) is 0. The van der Waals surface area contributed by atoms with Crippen LogP contribution in [0.2, 0.25) is 5.02 Å². The average Bonchev–Trinajstić information content (AvgIpc) is 2.85. The number of nitrogens with one attached hydrogen (secondary N) is 1. The molecule has 0 saturated heterocycles. The molecule has 0 amide bonds. The van der Waals surface area contributed by atoms with Crippen LogP contribution < -0.4 is 20.2 Å². The van der Waals surface area contributed by atoms with Crippen molar-refractivity contribution < 1.29 is 9.09 Å². The van der Waals surface area contributed by atoms with E-state index in [9.17, 15) is 4.57 Å². The van der Waals surface area contributed by atoms with Gasteiger partial charge in [0.1, 0.15) is 5.75 Å². The molecule has 1 heterocycles. The molecule has 1 aliphatic heterocycles. The summed E-state index contributed by atoms with van der Waals surface area (Å²) < 4.78 is 25.3. The van der Waals surface area contributed by atoms with Crippen molar-refractivity contribution >= 4 is 42.6 Å². The van der Waals surface area contributed by atoms with Gasteiger partial charge >= 0.3 is 7.67 Å². The monoisotopic (exact) mass is 490 g/mol. The van der Waals surface area contributed by atoms with Gasteiger partial charge in [-0.2, -0.15) is 4.52 Å². The minimum Gasteiger partial charge on any atom is -0.413 e. The molecule has 0 aliphatic carbocycles. The molecule has 0 fully saturated rings. The van der Waals surface area contributed by atoms with Crippen molar-refractivity contribution in [2.24, 2.45) is 4.52 Å². The van der Waals surface area contributed by atoms with Gasteiger partial charge in [-0.1, -0.05) is 103 Å². The number of hydrogen-bond donors (Lipinski definition) is 1. The van der Waals surface area contributed by atoms with Gasteiger partial charge in [-0.3, -0.25) is 5.09 Å². The third-order valence-electron chi connectivity index (χ3n) is 5.26. The van der Waals surface area contributed by atoms with E-state index in [0.29, 0.717) is 16.5 Å². The van der Waals surface area contributed by atoms with E-state index in [1.54, 1.807) is 12.1 Å². The molecule has 0 saturated carbocycles. The molecular weight excluding hydrogens is 470 g/mol. The maximum absolute atomic E-state index is 14.3. The van der Waals surface area contributed by atoms with Gasteiger partial charge in [0, 0.05) is 15.6 Å². The molecule has 4 nitrogen and oxygen atoms in total. The lowest BCUT2D eigenvalue weighted by Gasteiger charge is -2.32. The molecular formula is C26H21ClN2O2P2. The van der Waals surface area contributed by atoms with Crippen molar-refractivity contribution in [3.05, 3.63) is 132 Å². The fourth-order valence-corrected chi connectivity index (χ4v) is 10.2. The molecule has 7 heteroatoms. The first-order valence-electron chi connectivity index (χ1n) is 10.4. The van der Waals surface area contributed by atoms with E-state index in [-0.39, 0.29) is 0 Å². The molecule has 5 rings (SSSR count). The number of nitrogens with zero attached hydrogens (tertiary/aromatic N) is 1. The van der Waals surface area contributed by atoms with Gasteiger partial charge in [0.15, 0.2) is 0 Å². The molecule has 1 aliphatic rings. The van der Waals surface area contributed by atoms with Crippen molar-refractivity contribution in [1.82, 2.24) is 5.09 Å². The third-order valence-corrected chi connectivity index (χ3v) is 11.4. The lowest BCUT2D eigenvalue weighted by molar-refractivity contribution is 0.478. The minimum atomic E-state index is -3.70. The lowest BCUT2D eigenvalue weighted by Crippen LogP contribution is -2.22. The zero-order valence-corrected chi connectivity index (χ0v) is 20.1. The Bertz CT molecular complexity index is 1350. The summed E-state index contributed by atoms with van der Waals surface area (Å²) in [7, 11) is -6.31. The summed E-state index contributed by atoms with van der Waals surface area (Å²) in [5, 5.41) is 5.76. The van der Waals surface area contributed by atoms with Crippen LogP contribution in [0.25, 0.3) is 5.70 Å². The van der Waals surface area contributed by atoms with Gasteiger partial charge in [-0.25, -0.2) is 4.57 Å². The second-order valence-corrected chi connectivity index (χ2v) is 12.8. The first kappa shape index (κ1) is 21.8. The Morgan fingerprint density at radius 2 is 1.21 bits per heavy atom. The van der Waals surface area contributed by atoms with E-state index in [2.05, 4.69) is 10.9 Å². The Labute approximate surface area is 198 Å². The summed E-state index contributed by atoms with van der Waals surface area (Å²) in [6.45, 7) is 0. The second kappa shape index (κ2) is 9.08. The van der Waals surface area contributed by atoms with Crippen LogP contribution >= 0.6 is 26.3 Å². The predicted molar refractivity (Wildman–Crippen MR) is 139 cm³/mol. The number of rotatable bonds is 5. The molecule has 4 aromatic rings. The number of hydrogen-bond acceptors (Lipinski definition) is 2. The van der Waals surface area contributed by atoms with Gasteiger partial charge in [0.25, 0.3) is 0 Å². The third kappa shape index (κ3) is 4.56. The first-order chi connectivity index (χ1) is 16.1. The highest BCUT2D eigenvalue weighted by atomic mass is 35.5. The Morgan fingerprint density at radius 1 is 0.697 bits per heavy atom. The Morgan fingerprint density at radius 3 is 1.76 bits per heavy atom. The van der Waals surface area contributed by atoms with Crippen LogP contribution in [0.15, 0.2) is 126 Å². The smallest absolute Gasteiger partial charge is 0.413 e. The van der Waals surface area contributed by atoms with Crippen LogP contribution in [0, 0.1) is 0 Å². The second-order valence-electron chi connectivity index (χ2n) is 7.53. The lowest BCUT2D eigenvalue weighted by atomic mass is 10.2. The highest BCUT2D eigenvalue weighted by Gasteiger charge is 2.37. The van der Waals surface area contributed by atoms with Crippen molar-refractivity contribution in [2.75, 3.05) is 0 Å². The standard InChI is InChI=1S/C26H21ClN2O2P2/c27-22-18-16-21(17-19-22)26-20-32(24-12-6-2-7-13-24,25-14-8-3-9-15-25)29-33(30,28-26)31-23-10-4-1-5-11-23/h1-20H,(H,28,30). The van der Waals surface area contributed by atoms with Gasteiger partial charge < -0.3 is 4.52 Å². The first-order valence-corrected chi connectivity index (χ1v) is 14.2. The molecule has 1 N–H and O–H groups in total. The molecule has 0 spiro atoms. The Balaban J connectivity index is 1.78. The maximum atomic E-state index is 14.3. The molecule has 4 aromatic carbocycles. The fraction of sp³-hybridized carbons (Fsp3) is 0. The Hall–Kier alpha value is -3.03. The summed E-state index contributed by atoms with van der Waals surface area (Å²) in [6, 6.07) is 36.6. The van der Waals surface area contributed by atoms with Crippen LogP contribution in [0.1, 0.15) is 5.56 Å². The van der Waals surface area contributed by atoms with E-state index in [4.69, 9.17) is 20.6 Å². The average molecular weight is 491 g/mol. The summed E-state index contributed by atoms with van der Waals surface area (Å²) >= 11 is 6.13. The zero-order chi connectivity index (χ0) is 22.7. The minimum absolute atomic E-state index is 0.494. The van der Waals surface area contributed by atoms with Crippen LogP contribution in [0.5, 0.6) is 5.75 Å². The normalized spacial score (nSPS) is 19.0. The van der Waals surface area contributed by atoms with Gasteiger partial charge in [-0.05, 0) is 35.6 Å². The van der Waals surface area contributed by atoms with E-state index in [0.717, 1.165) is 16.2 Å². The van der Waals surface area contributed by atoms with E-state index < -0.39 is 14.7 Å². The topological polar surface area (TPSA) is 50.7 Å². The molecule has 0 radical (unpaired) electrons. The van der Waals surface area contributed by atoms with Crippen molar-refractivity contribution in [1.29, 1.82) is 0 Å². The van der Waals surface area contributed by atoms with Crippen LogP contribution in [0.3, 0.4) is 0 Å². The van der Waals surface area contributed by atoms with Gasteiger partial charge in [0.2, 0.25) is 0 Å². The van der Waals surface area contributed by atoms with Crippen molar-refractivity contribution in [2.45, 2.75) is 0 Å². The van der Waals surface area contributed by atoms with Crippen LogP contribution in [-0.2, 0) is 4.57 Å². The quantitative estimate of drug-likeness (QED) is 0.299. The summed E-state index contributed by atoms with van der Waals surface area (Å²) in [5.41, 5.74) is 1.57. The van der Waals surface area contributed by atoms with Crippen LogP contribution in [0.4, 0.5) is 0 Å². The van der Waals surface area contributed by atoms with Crippen molar-refractivity contribution in [3.63, 3.8) is 0 Å². The molecule has 0 bridgehead atoms. The van der Waals surface area contributed by atoms with E-state index >= 15 is 0 Å². The molecule has 33 heavy (non-hydrogen) atoms. The predicted octanol–water partition coefficient (Wildman–Crippen LogP) is 7.28. The van der Waals surface area contributed by atoms with E-state index in [1.165, 1.54) is 0 Å². The molecule has 164 valence electrons. The maximum Gasteiger partial charge on any atom is 0.464 e. The number of benzene rings is 4. The van der Waals surface area contributed by atoms with Gasteiger partial charge in [0.05, 0.1) is 12.8 Å². The van der Waals surface area contributed by atoms with Gasteiger partial charge in [-0.15, -0.1) is 0 Å². The SMILES string of the molecule is O=P1(Oc2ccccc2)N=P(c2ccccc2)(c2ccccc2)C=C(c2ccc(Cl)cc2)N1. The fourth-order valence-electron chi connectivity index (χ4n) is 3.75. The summed E-state index contributed by atoms with van der Waals surface area (Å²) in [5.74, 6) is 2.61. The Kier molecular flexibility index (Phi) is 6.00. The molecule has 1 unspecified atom stereocenters. The highest BCUT2D eigenvalue weighted by Crippen LogP contribution is 2.64.